The van der Waals surface area contributed by atoms with E-state index in [4.69, 9.17) is 0 Å². The Hall–Kier alpha value is -2.82. The maximum Gasteiger partial charge on any atom is 0.0711 e. The van der Waals surface area contributed by atoms with Crippen molar-refractivity contribution in [2.75, 3.05) is 5.32 Å². The summed E-state index contributed by atoms with van der Waals surface area (Å²) in [4.78, 5) is 0. The average Bonchev–Trinajstić information content (AvgIpc) is 3.11. The van der Waals surface area contributed by atoms with E-state index in [2.05, 4.69) is 44.9 Å². The summed E-state index contributed by atoms with van der Waals surface area (Å²) in [5, 5.41) is 15.9. The second-order valence-electron chi connectivity index (χ2n) is 4.73. The lowest BCUT2D eigenvalue weighted by Crippen LogP contribution is -1.98. The van der Waals surface area contributed by atoms with Gasteiger partial charge >= 0.3 is 0 Å². The van der Waals surface area contributed by atoms with Crippen LogP contribution in [-0.2, 0) is 6.54 Å². The Labute approximate surface area is 115 Å². The van der Waals surface area contributed by atoms with Gasteiger partial charge in [0.25, 0.3) is 0 Å². The average molecular weight is 263 g/mol. The van der Waals surface area contributed by atoms with E-state index >= 15 is 0 Å². The van der Waals surface area contributed by atoms with Crippen molar-refractivity contribution in [3.63, 3.8) is 0 Å². The van der Waals surface area contributed by atoms with Crippen LogP contribution in [0, 0.1) is 0 Å². The maximum atomic E-state index is 4.33. The molecule has 0 atom stereocenters. The number of anilines is 1. The monoisotopic (exact) mass is 263 g/mol. The van der Waals surface area contributed by atoms with Gasteiger partial charge < -0.3 is 5.32 Å². The van der Waals surface area contributed by atoms with E-state index in [9.17, 15) is 0 Å². The number of rotatable bonds is 3. The molecule has 0 fully saturated rings. The molecule has 0 aliphatic heterocycles. The molecule has 98 valence electrons. The molecule has 5 nitrogen and oxygen atoms in total. The number of H-pyrrole nitrogens is 1. The molecule has 20 heavy (non-hydrogen) atoms. The molecule has 2 N–H and O–H groups in total. The summed E-state index contributed by atoms with van der Waals surface area (Å²) in [7, 11) is 0. The highest BCUT2D eigenvalue weighted by Gasteiger charge is 2.03. The minimum Gasteiger partial charge on any atom is -0.381 e. The van der Waals surface area contributed by atoms with Crippen LogP contribution in [0.2, 0.25) is 0 Å². The summed E-state index contributed by atoms with van der Waals surface area (Å²) in [6.07, 6.45) is 5.68. The fraction of sp³-hybridized carbons (Fsp3) is 0.0667. The molecule has 0 amide bonds. The van der Waals surface area contributed by atoms with Crippen molar-refractivity contribution in [3.8, 4) is 0 Å². The largest absolute Gasteiger partial charge is 0.381 e. The second-order valence-corrected chi connectivity index (χ2v) is 4.73. The van der Waals surface area contributed by atoms with Crippen molar-refractivity contribution in [2.45, 2.75) is 6.54 Å². The van der Waals surface area contributed by atoms with Gasteiger partial charge in [-0.15, -0.1) is 0 Å². The van der Waals surface area contributed by atoms with Crippen LogP contribution < -0.4 is 5.32 Å². The van der Waals surface area contributed by atoms with Gasteiger partial charge in [-0.1, -0.05) is 6.07 Å². The number of benzene rings is 1. The topological polar surface area (TPSA) is 58.0 Å². The number of nitrogens with zero attached hydrogens (tertiary/aromatic N) is 3. The smallest absolute Gasteiger partial charge is 0.0711 e. The number of aromatic nitrogens is 4. The van der Waals surface area contributed by atoms with Crippen molar-refractivity contribution in [2.24, 2.45) is 0 Å². The molecule has 0 radical (unpaired) electrons. The van der Waals surface area contributed by atoms with E-state index in [0.717, 1.165) is 28.7 Å². The summed E-state index contributed by atoms with van der Waals surface area (Å²) in [6, 6.07) is 12.2. The number of aromatic amines is 1. The Bertz CT molecular complexity index is 874. The normalized spacial score (nSPS) is 11.2. The van der Waals surface area contributed by atoms with Gasteiger partial charge in [-0.3, -0.25) is 5.10 Å². The molecule has 0 unspecified atom stereocenters. The lowest BCUT2D eigenvalue weighted by molar-refractivity contribution is 0.961. The van der Waals surface area contributed by atoms with Crippen molar-refractivity contribution in [1.82, 2.24) is 19.8 Å². The van der Waals surface area contributed by atoms with Crippen LogP contribution in [0.1, 0.15) is 5.56 Å². The van der Waals surface area contributed by atoms with E-state index in [1.54, 1.807) is 0 Å². The summed E-state index contributed by atoms with van der Waals surface area (Å²) in [5.74, 6) is 0. The zero-order chi connectivity index (χ0) is 13.4. The lowest BCUT2D eigenvalue weighted by Gasteiger charge is -2.05. The molecule has 0 saturated carbocycles. The van der Waals surface area contributed by atoms with Crippen molar-refractivity contribution in [1.29, 1.82) is 0 Å². The van der Waals surface area contributed by atoms with Gasteiger partial charge in [-0.05, 0) is 30.3 Å². The third kappa shape index (κ3) is 1.80. The first-order chi connectivity index (χ1) is 9.90. The van der Waals surface area contributed by atoms with Gasteiger partial charge in [-0.25, -0.2) is 4.52 Å². The predicted octanol–water partition coefficient (Wildman–Crippen LogP) is 2.82. The third-order valence-electron chi connectivity index (χ3n) is 3.43. The molecule has 4 rings (SSSR count). The van der Waals surface area contributed by atoms with E-state index in [0.29, 0.717) is 0 Å². The fourth-order valence-corrected chi connectivity index (χ4v) is 2.37. The van der Waals surface area contributed by atoms with E-state index in [-0.39, 0.29) is 0 Å². The summed E-state index contributed by atoms with van der Waals surface area (Å²) in [6.45, 7) is 0.743. The molecule has 0 aliphatic rings. The van der Waals surface area contributed by atoms with E-state index in [1.165, 1.54) is 5.56 Å². The van der Waals surface area contributed by atoms with Gasteiger partial charge in [0, 0.05) is 29.4 Å². The van der Waals surface area contributed by atoms with Crippen LogP contribution in [0.15, 0.2) is 55.0 Å². The number of fused-ring (bicyclic) bond motifs is 2. The minimum atomic E-state index is 0.743. The van der Waals surface area contributed by atoms with Gasteiger partial charge in [0.1, 0.15) is 0 Å². The van der Waals surface area contributed by atoms with Crippen LogP contribution in [0.4, 0.5) is 5.69 Å². The van der Waals surface area contributed by atoms with Gasteiger partial charge in [0.2, 0.25) is 0 Å². The Morgan fingerprint density at radius 2 is 2.15 bits per heavy atom. The van der Waals surface area contributed by atoms with Gasteiger partial charge in [-0.2, -0.15) is 10.2 Å². The lowest BCUT2D eigenvalue weighted by atomic mass is 10.2. The minimum absolute atomic E-state index is 0.743. The van der Waals surface area contributed by atoms with Crippen molar-refractivity contribution < 1.29 is 0 Å². The molecule has 0 spiro atoms. The molecule has 0 saturated heterocycles. The van der Waals surface area contributed by atoms with Crippen LogP contribution in [0.25, 0.3) is 16.4 Å². The molecular weight excluding hydrogens is 250 g/mol. The fourth-order valence-electron chi connectivity index (χ4n) is 2.37. The Kier molecular flexibility index (Phi) is 2.42. The highest BCUT2D eigenvalue weighted by atomic mass is 15.2. The Balaban J connectivity index is 1.60. The predicted molar refractivity (Wildman–Crippen MR) is 78.6 cm³/mol. The van der Waals surface area contributed by atoms with Gasteiger partial charge in [0.15, 0.2) is 0 Å². The highest BCUT2D eigenvalue weighted by Crippen LogP contribution is 2.18. The number of pyridine rings is 1. The number of nitrogens with one attached hydrogen (secondary N) is 2. The molecule has 4 aromatic rings. The first-order valence-electron chi connectivity index (χ1n) is 6.48. The first kappa shape index (κ1) is 11.0. The SMILES string of the molecule is c1ccn2ncc(CNc3ccc4cn[nH]c4c3)c2c1. The molecule has 1 aromatic carbocycles. The molecule has 0 bridgehead atoms. The zero-order valence-electron chi connectivity index (χ0n) is 10.7. The summed E-state index contributed by atoms with van der Waals surface area (Å²) >= 11 is 0. The molecule has 3 heterocycles. The Morgan fingerprint density at radius 3 is 3.15 bits per heavy atom. The number of hydrogen-bond acceptors (Lipinski definition) is 3. The van der Waals surface area contributed by atoms with E-state index in [1.807, 2.05) is 35.2 Å². The van der Waals surface area contributed by atoms with Crippen LogP contribution in [-0.4, -0.2) is 19.8 Å². The summed E-state index contributed by atoms with van der Waals surface area (Å²) < 4.78 is 1.88. The molecule has 5 heteroatoms. The summed E-state index contributed by atoms with van der Waals surface area (Å²) in [5.41, 5.74) is 4.41. The molecular formula is C15H13N5. The molecule has 0 aliphatic carbocycles. The molecule has 3 aromatic heterocycles. The van der Waals surface area contributed by atoms with Crippen LogP contribution in [0.3, 0.4) is 0 Å². The highest BCUT2D eigenvalue weighted by molar-refractivity contribution is 5.81. The zero-order valence-corrected chi connectivity index (χ0v) is 10.7. The second kappa shape index (κ2) is 4.38. The standard InChI is InChI=1S/C15H13N5/c1-2-6-20-15(3-1)12(10-18-20)8-16-13-5-4-11-9-17-19-14(11)7-13/h1-7,9-10,16H,8H2,(H,17,19). The quantitative estimate of drug-likeness (QED) is 0.597. The van der Waals surface area contributed by atoms with Crippen LogP contribution in [0.5, 0.6) is 0 Å². The van der Waals surface area contributed by atoms with Crippen molar-refractivity contribution in [3.05, 3.63) is 60.6 Å². The van der Waals surface area contributed by atoms with Gasteiger partial charge in [0.05, 0.1) is 23.4 Å². The van der Waals surface area contributed by atoms with Crippen molar-refractivity contribution >= 4 is 22.1 Å². The van der Waals surface area contributed by atoms with Crippen LogP contribution >= 0.6 is 0 Å². The van der Waals surface area contributed by atoms with E-state index < -0.39 is 0 Å². The third-order valence-corrected chi connectivity index (χ3v) is 3.43. The maximum absolute atomic E-state index is 4.33. The Morgan fingerprint density at radius 1 is 1.15 bits per heavy atom. The number of hydrogen-bond donors (Lipinski definition) is 2. The first-order valence-corrected chi connectivity index (χ1v) is 6.48.